The van der Waals surface area contributed by atoms with Crippen molar-refractivity contribution in [2.75, 3.05) is 18.1 Å². The quantitative estimate of drug-likeness (QED) is 0.827. The van der Waals surface area contributed by atoms with Gasteiger partial charge in [0.1, 0.15) is 0 Å². The van der Waals surface area contributed by atoms with Crippen molar-refractivity contribution in [1.29, 1.82) is 0 Å². The molecule has 1 unspecified atom stereocenters. The predicted molar refractivity (Wildman–Crippen MR) is 81.1 cm³/mol. The Hall–Kier alpha value is -0.620. The van der Waals surface area contributed by atoms with Gasteiger partial charge >= 0.3 is 0 Å². The summed E-state index contributed by atoms with van der Waals surface area (Å²) in [5.74, 6) is 0.144. The van der Waals surface area contributed by atoms with Gasteiger partial charge in [0.05, 0.1) is 17.5 Å². The van der Waals surface area contributed by atoms with Gasteiger partial charge in [0.15, 0.2) is 9.84 Å². The van der Waals surface area contributed by atoms with Crippen LogP contribution in [-0.2, 0) is 14.6 Å². The summed E-state index contributed by atoms with van der Waals surface area (Å²) in [6, 6.07) is -0.796. The largest absolute Gasteiger partial charge is 0.337 e. The highest BCUT2D eigenvalue weighted by molar-refractivity contribution is 7.91. The average molecular weight is 304 g/mol. The number of sulfone groups is 1. The number of hydrogen-bond acceptors (Lipinski definition) is 4. The fraction of sp³-hybridized carbons (Fsp3) is 0.929. The Labute approximate surface area is 122 Å². The molecule has 1 fully saturated rings. The third kappa shape index (κ3) is 4.45. The maximum absolute atomic E-state index is 12.6. The van der Waals surface area contributed by atoms with Gasteiger partial charge in [-0.25, -0.2) is 8.42 Å². The van der Waals surface area contributed by atoms with E-state index in [0.717, 1.165) is 12.8 Å². The molecule has 118 valence electrons. The normalized spacial score (nSPS) is 23.6. The summed E-state index contributed by atoms with van der Waals surface area (Å²) in [6.45, 7) is 8.44. The van der Waals surface area contributed by atoms with Crippen LogP contribution < -0.4 is 5.73 Å². The van der Waals surface area contributed by atoms with Crippen molar-refractivity contribution in [3.05, 3.63) is 0 Å². The molecule has 0 bridgehead atoms. The number of carbonyl (C=O) groups excluding carboxylic acids is 1. The smallest absolute Gasteiger partial charge is 0.240 e. The zero-order valence-electron chi connectivity index (χ0n) is 13.1. The zero-order chi connectivity index (χ0) is 15.6. The molecule has 6 heteroatoms. The van der Waals surface area contributed by atoms with E-state index in [2.05, 4.69) is 6.92 Å². The number of carbonyl (C=O) groups is 1. The van der Waals surface area contributed by atoms with Gasteiger partial charge in [-0.05, 0) is 18.3 Å². The van der Waals surface area contributed by atoms with Crippen LogP contribution in [0.3, 0.4) is 0 Å². The van der Waals surface area contributed by atoms with E-state index in [1.54, 1.807) is 4.90 Å². The van der Waals surface area contributed by atoms with Gasteiger partial charge in [-0.3, -0.25) is 4.79 Å². The van der Waals surface area contributed by atoms with E-state index in [9.17, 15) is 13.2 Å². The summed E-state index contributed by atoms with van der Waals surface area (Å²) in [4.78, 5) is 14.3. The Kier molecular flexibility index (Phi) is 5.61. The third-order valence-corrected chi connectivity index (χ3v) is 5.63. The van der Waals surface area contributed by atoms with Crippen LogP contribution in [0.4, 0.5) is 0 Å². The highest BCUT2D eigenvalue weighted by Crippen LogP contribution is 2.24. The van der Waals surface area contributed by atoms with Gasteiger partial charge in [0.2, 0.25) is 5.91 Å². The van der Waals surface area contributed by atoms with E-state index in [1.165, 1.54) is 0 Å². The molecule has 2 atom stereocenters. The highest BCUT2D eigenvalue weighted by Gasteiger charge is 2.38. The van der Waals surface area contributed by atoms with Gasteiger partial charge in [-0.2, -0.15) is 0 Å². The van der Waals surface area contributed by atoms with Crippen molar-refractivity contribution in [2.45, 2.75) is 59.0 Å². The Balaban J connectivity index is 2.87. The number of rotatable bonds is 5. The maximum atomic E-state index is 12.6. The third-order valence-electron chi connectivity index (χ3n) is 3.88. The second-order valence-corrected chi connectivity index (χ2v) is 9.01. The molecule has 0 spiro atoms. The van der Waals surface area contributed by atoms with E-state index in [-0.39, 0.29) is 28.9 Å². The van der Waals surface area contributed by atoms with Gasteiger partial charge in [0.25, 0.3) is 0 Å². The standard InChI is InChI=1S/C14H28N2O3S/c1-5-6-8-16(11-7-9-20(18,19)10-11)13(17)12(15)14(2,3)4/h11-12H,5-10,15H2,1-4H3/t11?,12-/m1/s1. The molecular formula is C14H28N2O3S. The summed E-state index contributed by atoms with van der Waals surface area (Å²) >= 11 is 0. The summed E-state index contributed by atoms with van der Waals surface area (Å²) in [5.41, 5.74) is 5.74. The van der Waals surface area contributed by atoms with Crippen LogP contribution in [0, 0.1) is 5.41 Å². The first-order valence-corrected chi connectivity index (χ1v) is 9.17. The number of hydrogen-bond donors (Lipinski definition) is 1. The van der Waals surface area contributed by atoms with Gasteiger partial charge < -0.3 is 10.6 Å². The van der Waals surface area contributed by atoms with Crippen molar-refractivity contribution < 1.29 is 13.2 Å². The first-order chi connectivity index (χ1) is 9.08. The van der Waals surface area contributed by atoms with Gasteiger partial charge in [-0.15, -0.1) is 0 Å². The van der Waals surface area contributed by atoms with Crippen LogP contribution in [0.1, 0.15) is 47.0 Å². The van der Waals surface area contributed by atoms with E-state index in [1.807, 2.05) is 20.8 Å². The first kappa shape index (κ1) is 17.4. The molecule has 0 aromatic rings. The minimum absolute atomic E-state index is 0.0827. The number of amides is 1. The van der Waals surface area contributed by atoms with Gasteiger partial charge in [0, 0.05) is 12.6 Å². The van der Waals surface area contributed by atoms with E-state index < -0.39 is 15.9 Å². The van der Waals surface area contributed by atoms with Crippen LogP contribution in [0.5, 0.6) is 0 Å². The Morgan fingerprint density at radius 3 is 2.40 bits per heavy atom. The van der Waals surface area contributed by atoms with Crippen LogP contribution in [-0.4, -0.2) is 49.4 Å². The lowest BCUT2D eigenvalue weighted by Gasteiger charge is -2.35. The summed E-state index contributed by atoms with van der Waals surface area (Å²) in [6.07, 6.45) is 2.38. The van der Waals surface area contributed by atoms with Gasteiger partial charge in [-0.1, -0.05) is 34.1 Å². The molecular weight excluding hydrogens is 276 g/mol. The fourth-order valence-electron chi connectivity index (χ4n) is 2.37. The Bertz CT molecular complexity index is 440. The molecule has 1 heterocycles. The van der Waals surface area contributed by atoms with E-state index >= 15 is 0 Å². The Morgan fingerprint density at radius 2 is 2.00 bits per heavy atom. The van der Waals surface area contributed by atoms with E-state index in [0.29, 0.717) is 13.0 Å². The van der Waals surface area contributed by atoms with Crippen LogP contribution >= 0.6 is 0 Å². The second-order valence-electron chi connectivity index (χ2n) is 6.79. The fourth-order valence-corrected chi connectivity index (χ4v) is 4.10. The molecule has 2 N–H and O–H groups in total. The molecule has 1 amide bonds. The molecule has 0 aliphatic carbocycles. The maximum Gasteiger partial charge on any atom is 0.240 e. The van der Waals surface area contributed by atoms with Crippen molar-refractivity contribution in [3.8, 4) is 0 Å². The molecule has 1 saturated heterocycles. The first-order valence-electron chi connectivity index (χ1n) is 7.35. The van der Waals surface area contributed by atoms with E-state index in [4.69, 9.17) is 5.73 Å². The molecule has 5 nitrogen and oxygen atoms in total. The molecule has 1 aliphatic heterocycles. The van der Waals surface area contributed by atoms with Crippen LogP contribution in [0.2, 0.25) is 0 Å². The lowest BCUT2D eigenvalue weighted by atomic mass is 9.86. The minimum Gasteiger partial charge on any atom is -0.337 e. The number of nitrogens with two attached hydrogens (primary N) is 1. The molecule has 0 saturated carbocycles. The number of nitrogens with zero attached hydrogens (tertiary/aromatic N) is 1. The monoisotopic (exact) mass is 304 g/mol. The molecule has 1 rings (SSSR count). The molecule has 0 aromatic carbocycles. The molecule has 0 radical (unpaired) electrons. The van der Waals surface area contributed by atoms with Crippen molar-refractivity contribution in [2.24, 2.45) is 11.1 Å². The molecule has 1 aliphatic rings. The van der Waals surface area contributed by atoms with Crippen molar-refractivity contribution in [3.63, 3.8) is 0 Å². The Morgan fingerprint density at radius 1 is 1.40 bits per heavy atom. The van der Waals surface area contributed by atoms with Crippen LogP contribution in [0.15, 0.2) is 0 Å². The lowest BCUT2D eigenvalue weighted by molar-refractivity contribution is -0.137. The SMILES string of the molecule is CCCCN(C(=O)[C@@H](N)C(C)(C)C)C1CCS(=O)(=O)C1. The minimum atomic E-state index is -2.99. The highest BCUT2D eigenvalue weighted by atomic mass is 32.2. The summed E-state index contributed by atoms with van der Waals surface area (Å²) in [7, 11) is -2.99. The lowest BCUT2D eigenvalue weighted by Crippen LogP contribution is -2.54. The average Bonchev–Trinajstić information content (AvgIpc) is 2.67. The van der Waals surface area contributed by atoms with Crippen molar-refractivity contribution >= 4 is 15.7 Å². The predicted octanol–water partition coefficient (Wildman–Crippen LogP) is 1.18. The summed E-state index contributed by atoms with van der Waals surface area (Å²) < 4.78 is 23.3. The number of unbranched alkanes of at least 4 members (excludes halogenated alkanes) is 1. The topological polar surface area (TPSA) is 80.5 Å². The van der Waals surface area contributed by atoms with Crippen molar-refractivity contribution in [1.82, 2.24) is 4.90 Å². The summed E-state index contributed by atoms with van der Waals surface area (Å²) in [5, 5.41) is 0. The molecule has 20 heavy (non-hydrogen) atoms. The molecule has 0 aromatic heterocycles. The zero-order valence-corrected chi connectivity index (χ0v) is 13.9. The second kappa shape index (κ2) is 6.43. The van der Waals surface area contributed by atoms with Crippen LogP contribution in [0.25, 0.3) is 0 Å².